The van der Waals surface area contributed by atoms with E-state index in [1.165, 1.54) is 11.1 Å². The third-order valence-electron chi connectivity index (χ3n) is 3.01. The van der Waals surface area contributed by atoms with E-state index < -0.39 is 0 Å². The van der Waals surface area contributed by atoms with E-state index in [4.69, 9.17) is 0 Å². The Kier molecular flexibility index (Phi) is 3.64. The zero-order chi connectivity index (χ0) is 11.5. The van der Waals surface area contributed by atoms with Crippen LogP contribution >= 0.6 is 15.9 Å². The van der Waals surface area contributed by atoms with Gasteiger partial charge in [0, 0.05) is 13.1 Å². The van der Waals surface area contributed by atoms with Crippen LogP contribution in [0.25, 0.3) is 0 Å². The van der Waals surface area contributed by atoms with E-state index in [1.807, 2.05) is 17.9 Å². The highest BCUT2D eigenvalue weighted by molar-refractivity contribution is 9.10. The third kappa shape index (κ3) is 2.46. The summed E-state index contributed by atoms with van der Waals surface area (Å²) in [5.74, 6) is 0.191. The zero-order valence-electron chi connectivity index (χ0n) is 9.45. The number of nitrogens with zero attached hydrogens (tertiary/aromatic N) is 1. The lowest BCUT2D eigenvalue weighted by Gasteiger charge is -2.22. The Morgan fingerprint density at radius 3 is 2.75 bits per heavy atom. The van der Waals surface area contributed by atoms with Crippen molar-refractivity contribution in [3.8, 4) is 0 Å². The number of amides is 1. The molecule has 1 amide bonds. The molecule has 0 spiro atoms. The molecule has 16 heavy (non-hydrogen) atoms. The maximum Gasteiger partial charge on any atom is 0.236 e. The minimum atomic E-state index is -0.0854. The van der Waals surface area contributed by atoms with Crippen molar-refractivity contribution >= 4 is 21.8 Å². The van der Waals surface area contributed by atoms with Crippen LogP contribution in [-0.4, -0.2) is 22.2 Å². The fourth-order valence-electron chi connectivity index (χ4n) is 2.14. The van der Waals surface area contributed by atoms with E-state index in [2.05, 4.69) is 34.1 Å². The van der Waals surface area contributed by atoms with Gasteiger partial charge >= 0.3 is 0 Å². The molecule has 1 aliphatic heterocycles. The lowest BCUT2D eigenvalue weighted by molar-refractivity contribution is -0.130. The molecule has 2 nitrogen and oxygen atoms in total. The minimum absolute atomic E-state index is 0.0854. The molecule has 0 saturated heterocycles. The van der Waals surface area contributed by atoms with Crippen molar-refractivity contribution in [3.05, 3.63) is 35.4 Å². The average molecular weight is 282 g/mol. The first-order chi connectivity index (χ1) is 7.68. The van der Waals surface area contributed by atoms with Crippen LogP contribution in [0.3, 0.4) is 0 Å². The van der Waals surface area contributed by atoms with Gasteiger partial charge in [-0.05, 0) is 30.9 Å². The molecule has 0 saturated carbocycles. The highest BCUT2D eigenvalue weighted by Crippen LogP contribution is 2.19. The van der Waals surface area contributed by atoms with Crippen LogP contribution in [0.4, 0.5) is 0 Å². The molecule has 0 radical (unpaired) electrons. The molecule has 0 aromatic heterocycles. The molecule has 1 aromatic rings. The molecule has 1 heterocycles. The topological polar surface area (TPSA) is 20.3 Å². The van der Waals surface area contributed by atoms with Gasteiger partial charge in [0.1, 0.15) is 0 Å². The number of benzene rings is 1. The zero-order valence-corrected chi connectivity index (χ0v) is 11.0. The summed E-state index contributed by atoms with van der Waals surface area (Å²) >= 11 is 3.35. The highest BCUT2D eigenvalue weighted by atomic mass is 79.9. The first kappa shape index (κ1) is 11.6. The van der Waals surface area contributed by atoms with Crippen LogP contribution in [0.15, 0.2) is 24.3 Å². The van der Waals surface area contributed by atoms with Crippen LogP contribution in [0.2, 0.25) is 0 Å². The van der Waals surface area contributed by atoms with Crippen molar-refractivity contribution in [2.45, 2.75) is 31.1 Å². The summed E-state index contributed by atoms with van der Waals surface area (Å²) in [6.45, 7) is 3.51. The fraction of sp³-hybridized carbons (Fsp3) is 0.462. The maximum atomic E-state index is 11.9. The standard InChI is InChI=1S/C13H16BrNO/c1-10(14)13(16)15-8-4-7-11-5-2-3-6-12(11)9-15/h2-3,5-6,10H,4,7-9H2,1H3. The van der Waals surface area contributed by atoms with Crippen LogP contribution in [0.1, 0.15) is 24.5 Å². The Morgan fingerprint density at radius 1 is 1.38 bits per heavy atom. The average Bonchev–Trinajstić information content (AvgIpc) is 2.49. The van der Waals surface area contributed by atoms with Crippen LogP contribution in [0.5, 0.6) is 0 Å². The Morgan fingerprint density at radius 2 is 2.06 bits per heavy atom. The number of hydrogen-bond donors (Lipinski definition) is 0. The molecule has 1 atom stereocenters. The second-order valence-electron chi connectivity index (χ2n) is 4.25. The molecule has 0 aliphatic carbocycles. The predicted octanol–water partition coefficient (Wildman–Crippen LogP) is 2.74. The number of aryl methyl sites for hydroxylation is 1. The number of carbonyl (C=O) groups excluding carboxylic acids is 1. The molecule has 0 fully saturated rings. The van der Waals surface area contributed by atoms with Gasteiger partial charge in [0.05, 0.1) is 4.83 Å². The highest BCUT2D eigenvalue weighted by Gasteiger charge is 2.21. The molecule has 0 bridgehead atoms. The molecule has 1 unspecified atom stereocenters. The third-order valence-corrected chi connectivity index (χ3v) is 3.40. The van der Waals surface area contributed by atoms with E-state index >= 15 is 0 Å². The summed E-state index contributed by atoms with van der Waals surface area (Å²) in [6.07, 6.45) is 2.14. The van der Waals surface area contributed by atoms with E-state index in [0.29, 0.717) is 0 Å². The number of fused-ring (bicyclic) bond motifs is 1. The van der Waals surface area contributed by atoms with Crippen molar-refractivity contribution in [2.24, 2.45) is 0 Å². The number of hydrogen-bond acceptors (Lipinski definition) is 1. The molecule has 86 valence electrons. The largest absolute Gasteiger partial charge is 0.337 e. The van der Waals surface area contributed by atoms with Gasteiger partial charge in [0.15, 0.2) is 0 Å². The Balaban J connectivity index is 2.20. The molecule has 0 N–H and O–H groups in total. The van der Waals surface area contributed by atoms with Gasteiger partial charge in [-0.2, -0.15) is 0 Å². The Bertz CT molecular complexity index is 389. The molecule has 2 rings (SSSR count). The number of alkyl halides is 1. The lowest BCUT2D eigenvalue weighted by Crippen LogP contribution is -2.35. The van der Waals surface area contributed by atoms with Gasteiger partial charge in [-0.3, -0.25) is 4.79 Å². The second kappa shape index (κ2) is 5.00. The Labute approximate surface area is 105 Å². The quantitative estimate of drug-likeness (QED) is 0.725. The number of rotatable bonds is 1. The molecule has 1 aromatic carbocycles. The summed E-state index contributed by atoms with van der Waals surface area (Å²) < 4.78 is 0. The monoisotopic (exact) mass is 281 g/mol. The smallest absolute Gasteiger partial charge is 0.236 e. The second-order valence-corrected chi connectivity index (χ2v) is 5.62. The van der Waals surface area contributed by atoms with Crippen molar-refractivity contribution < 1.29 is 4.79 Å². The Hall–Kier alpha value is -0.830. The van der Waals surface area contributed by atoms with E-state index in [-0.39, 0.29) is 10.7 Å². The fourth-order valence-corrected chi connectivity index (χ4v) is 2.43. The van der Waals surface area contributed by atoms with E-state index in [1.54, 1.807) is 0 Å². The molecule has 1 aliphatic rings. The summed E-state index contributed by atoms with van der Waals surface area (Å²) in [7, 11) is 0. The maximum absolute atomic E-state index is 11.9. The van der Waals surface area contributed by atoms with Crippen LogP contribution < -0.4 is 0 Å². The van der Waals surface area contributed by atoms with Crippen molar-refractivity contribution in [2.75, 3.05) is 6.54 Å². The van der Waals surface area contributed by atoms with Crippen LogP contribution in [0, 0.1) is 0 Å². The van der Waals surface area contributed by atoms with E-state index in [0.717, 1.165) is 25.9 Å². The van der Waals surface area contributed by atoms with Crippen molar-refractivity contribution in [1.29, 1.82) is 0 Å². The van der Waals surface area contributed by atoms with Crippen LogP contribution in [-0.2, 0) is 17.8 Å². The summed E-state index contributed by atoms with van der Waals surface area (Å²) in [5, 5.41) is 0. The van der Waals surface area contributed by atoms with Gasteiger partial charge < -0.3 is 4.90 Å². The summed E-state index contributed by atoms with van der Waals surface area (Å²) in [6, 6.07) is 8.41. The normalized spacial score (nSPS) is 17.5. The molecular weight excluding hydrogens is 266 g/mol. The summed E-state index contributed by atoms with van der Waals surface area (Å²) in [4.78, 5) is 13.8. The van der Waals surface area contributed by atoms with Gasteiger partial charge in [-0.25, -0.2) is 0 Å². The van der Waals surface area contributed by atoms with Gasteiger partial charge in [0.2, 0.25) is 5.91 Å². The first-order valence-corrected chi connectivity index (χ1v) is 6.59. The van der Waals surface area contributed by atoms with Crippen molar-refractivity contribution in [3.63, 3.8) is 0 Å². The van der Waals surface area contributed by atoms with Crippen molar-refractivity contribution in [1.82, 2.24) is 4.90 Å². The summed E-state index contributed by atoms with van der Waals surface area (Å²) in [5.41, 5.74) is 2.68. The number of carbonyl (C=O) groups is 1. The number of halogens is 1. The lowest BCUT2D eigenvalue weighted by atomic mass is 10.0. The van der Waals surface area contributed by atoms with Gasteiger partial charge in [-0.1, -0.05) is 40.2 Å². The minimum Gasteiger partial charge on any atom is -0.337 e. The molecular formula is C13H16BrNO. The molecule has 3 heteroatoms. The van der Waals surface area contributed by atoms with Gasteiger partial charge in [0.25, 0.3) is 0 Å². The van der Waals surface area contributed by atoms with E-state index in [9.17, 15) is 4.79 Å². The van der Waals surface area contributed by atoms with Gasteiger partial charge in [-0.15, -0.1) is 0 Å². The first-order valence-electron chi connectivity index (χ1n) is 5.68. The predicted molar refractivity (Wildman–Crippen MR) is 68.6 cm³/mol. The SMILES string of the molecule is CC(Br)C(=O)N1CCCc2ccccc2C1.